The lowest BCUT2D eigenvalue weighted by atomic mass is 10.1. The second-order valence-corrected chi connectivity index (χ2v) is 5.18. The smallest absolute Gasteiger partial charge is 0.151 e. The summed E-state index contributed by atoms with van der Waals surface area (Å²) >= 11 is 0. The molecule has 1 atom stereocenters. The van der Waals surface area contributed by atoms with Gasteiger partial charge in [0, 0.05) is 31.0 Å². The number of nitrogens with zero attached hydrogens (tertiary/aromatic N) is 4. The van der Waals surface area contributed by atoms with E-state index in [0.717, 1.165) is 36.7 Å². The van der Waals surface area contributed by atoms with Gasteiger partial charge in [-0.15, -0.1) is 10.2 Å². The molecule has 0 spiro atoms. The summed E-state index contributed by atoms with van der Waals surface area (Å²) in [6.45, 7) is 3.19. The Morgan fingerprint density at radius 3 is 2.95 bits per heavy atom. The van der Waals surface area contributed by atoms with Crippen LogP contribution in [0.25, 0.3) is 11.3 Å². The fourth-order valence-electron chi connectivity index (χ4n) is 2.66. The molecule has 104 valence electrons. The summed E-state index contributed by atoms with van der Waals surface area (Å²) < 4.78 is 0. The maximum absolute atomic E-state index is 4.36. The summed E-state index contributed by atoms with van der Waals surface area (Å²) in [5.74, 6) is 1.68. The van der Waals surface area contributed by atoms with Gasteiger partial charge in [-0.3, -0.25) is 4.98 Å². The van der Waals surface area contributed by atoms with Crippen LogP contribution in [0.2, 0.25) is 0 Å². The average Bonchev–Trinajstić information content (AvgIpc) is 2.97. The highest BCUT2D eigenvalue weighted by molar-refractivity contribution is 5.58. The molecule has 5 nitrogen and oxygen atoms in total. The molecule has 0 saturated carbocycles. The van der Waals surface area contributed by atoms with Gasteiger partial charge in [-0.05, 0) is 50.2 Å². The SMILES string of the molecule is CNCC1CCN(c2ccc(-c3cccnc3)nn2)C1. The number of rotatable bonds is 4. The van der Waals surface area contributed by atoms with Gasteiger partial charge in [0.15, 0.2) is 5.82 Å². The molecule has 1 aliphatic rings. The number of hydrogen-bond acceptors (Lipinski definition) is 5. The van der Waals surface area contributed by atoms with Crippen molar-refractivity contribution in [3.8, 4) is 11.3 Å². The lowest BCUT2D eigenvalue weighted by molar-refractivity contribution is 0.548. The van der Waals surface area contributed by atoms with Gasteiger partial charge in [-0.25, -0.2) is 0 Å². The fourth-order valence-corrected chi connectivity index (χ4v) is 2.66. The maximum Gasteiger partial charge on any atom is 0.151 e. The Hall–Kier alpha value is -2.01. The van der Waals surface area contributed by atoms with Gasteiger partial charge in [-0.2, -0.15) is 0 Å². The van der Waals surface area contributed by atoms with E-state index in [-0.39, 0.29) is 0 Å². The molecule has 0 amide bonds. The van der Waals surface area contributed by atoms with Gasteiger partial charge in [0.1, 0.15) is 0 Å². The first-order chi connectivity index (χ1) is 9.86. The average molecular weight is 269 g/mol. The molecule has 0 bridgehead atoms. The van der Waals surface area contributed by atoms with Crippen molar-refractivity contribution in [2.24, 2.45) is 5.92 Å². The molecule has 20 heavy (non-hydrogen) atoms. The zero-order valence-corrected chi connectivity index (χ0v) is 11.7. The Kier molecular flexibility index (Phi) is 3.87. The minimum absolute atomic E-state index is 0.708. The van der Waals surface area contributed by atoms with E-state index in [2.05, 4.69) is 31.5 Å². The van der Waals surface area contributed by atoms with Crippen LogP contribution in [-0.2, 0) is 0 Å². The van der Waals surface area contributed by atoms with Crippen LogP contribution in [0.4, 0.5) is 5.82 Å². The maximum atomic E-state index is 4.36. The Morgan fingerprint density at radius 2 is 2.25 bits per heavy atom. The fraction of sp³-hybridized carbons (Fsp3) is 0.400. The van der Waals surface area contributed by atoms with E-state index < -0.39 is 0 Å². The van der Waals surface area contributed by atoms with Crippen molar-refractivity contribution in [1.82, 2.24) is 20.5 Å². The molecule has 1 saturated heterocycles. The number of nitrogens with one attached hydrogen (secondary N) is 1. The van der Waals surface area contributed by atoms with E-state index in [0.29, 0.717) is 5.92 Å². The van der Waals surface area contributed by atoms with Gasteiger partial charge in [-0.1, -0.05) is 0 Å². The van der Waals surface area contributed by atoms with Crippen molar-refractivity contribution in [2.45, 2.75) is 6.42 Å². The number of anilines is 1. The molecular weight excluding hydrogens is 250 g/mol. The first-order valence-electron chi connectivity index (χ1n) is 7.00. The third kappa shape index (κ3) is 2.77. The van der Waals surface area contributed by atoms with Gasteiger partial charge in [0.25, 0.3) is 0 Å². The van der Waals surface area contributed by atoms with E-state index in [4.69, 9.17) is 0 Å². The molecule has 0 aromatic carbocycles. The second kappa shape index (κ2) is 5.96. The molecule has 1 N–H and O–H groups in total. The molecule has 5 heteroatoms. The third-order valence-corrected chi connectivity index (χ3v) is 3.71. The van der Waals surface area contributed by atoms with Gasteiger partial charge in [0.2, 0.25) is 0 Å². The number of hydrogen-bond donors (Lipinski definition) is 1. The van der Waals surface area contributed by atoms with Crippen LogP contribution in [0.15, 0.2) is 36.7 Å². The quantitative estimate of drug-likeness (QED) is 0.913. The topological polar surface area (TPSA) is 53.9 Å². The van der Waals surface area contributed by atoms with Gasteiger partial charge in [0.05, 0.1) is 5.69 Å². The summed E-state index contributed by atoms with van der Waals surface area (Å²) in [5.41, 5.74) is 1.87. The first kappa shape index (κ1) is 13.0. The summed E-state index contributed by atoms with van der Waals surface area (Å²) in [4.78, 5) is 6.41. The van der Waals surface area contributed by atoms with Crippen LogP contribution >= 0.6 is 0 Å². The van der Waals surface area contributed by atoms with Crippen molar-refractivity contribution in [3.63, 3.8) is 0 Å². The third-order valence-electron chi connectivity index (χ3n) is 3.71. The standard InChI is InChI=1S/C15H19N5/c1-16-9-12-6-8-20(11-12)15-5-4-14(18-19-15)13-3-2-7-17-10-13/h2-5,7,10,12,16H,6,8-9,11H2,1H3. The molecule has 2 aromatic rings. The molecule has 1 fully saturated rings. The number of pyridine rings is 1. The Morgan fingerprint density at radius 1 is 1.30 bits per heavy atom. The minimum atomic E-state index is 0.708. The molecule has 0 aliphatic carbocycles. The molecule has 1 unspecified atom stereocenters. The molecular formula is C15H19N5. The van der Waals surface area contributed by atoms with E-state index in [1.165, 1.54) is 6.42 Å². The summed E-state index contributed by atoms with van der Waals surface area (Å²) in [6, 6.07) is 7.98. The lowest BCUT2D eigenvalue weighted by Crippen LogP contribution is -2.25. The van der Waals surface area contributed by atoms with Crippen LogP contribution in [0.3, 0.4) is 0 Å². The summed E-state index contributed by atoms with van der Waals surface area (Å²) in [5, 5.41) is 11.9. The van der Waals surface area contributed by atoms with Gasteiger partial charge >= 0.3 is 0 Å². The minimum Gasteiger partial charge on any atom is -0.355 e. The Labute approximate surface area is 119 Å². The molecule has 3 heterocycles. The Bertz CT molecular complexity index is 540. The largest absolute Gasteiger partial charge is 0.355 e. The van der Waals surface area contributed by atoms with E-state index in [1.807, 2.05) is 31.4 Å². The lowest BCUT2D eigenvalue weighted by Gasteiger charge is -2.16. The predicted molar refractivity (Wildman–Crippen MR) is 79.5 cm³/mol. The van der Waals surface area contributed by atoms with Crippen molar-refractivity contribution in [2.75, 3.05) is 31.6 Å². The van der Waals surface area contributed by atoms with Crippen molar-refractivity contribution < 1.29 is 0 Å². The van der Waals surface area contributed by atoms with E-state index in [9.17, 15) is 0 Å². The van der Waals surface area contributed by atoms with Crippen LogP contribution < -0.4 is 10.2 Å². The molecule has 3 rings (SSSR count). The monoisotopic (exact) mass is 269 g/mol. The normalized spacial score (nSPS) is 18.4. The zero-order valence-electron chi connectivity index (χ0n) is 11.7. The first-order valence-corrected chi connectivity index (χ1v) is 7.00. The zero-order chi connectivity index (χ0) is 13.8. The van der Waals surface area contributed by atoms with Crippen LogP contribution in [-0.4, -0.2) is 41.9 Å². The highest BCUT2D eigenvalue weighted by atomic mass is 15.3. The van der Waals surface area contributed by atoms with Crippen LogP contribution in [0.1, 0.15) is 6.42 Å². The van der Waals surface area contributed by atoms with Crippen molar-refractivity contribution in [1.29, 1.82) is 0 Å². The van der Waals surface area contributed by atoms with Crippen molar-refractivity contribution >= 4 is 5.82 Å². The van der Waals surface area contributed by atoms with Gasteiger partial charge < -0.3 is 10.2 Å². The van der Waals surface area contributed by atoms with E-state index >= 15 is 0 Å². The summed E-state index contributed by atoms with van der Waals surface area (Å²) in [7, 11) is 2.01. The Balaban J connectivity index is 1.71. The number of aromatic nitrogens is 3. The highest BCUT2D eigenvalue weighted by Gasteiger charge is 2.22. The van der Waals surface area contributed by atoms with Crippen molar-refractivity contribution in [3.05, 3.63) is 36.7 Å². The molecule has 2 aromatic heterocycles. The van der Waals surface area contributed by atoms with Crippen LogP contribution in [0.5, 0.6) is 0 Å². The summed E-state index contributed by atoms with van der Waals surface area (Å²) in [6.07, 6.45) is 4.78. The van der Waals surface area contributed by atoms with E-state index in [1.54, 1.807) is 6.20 Å². The highest BCUT2D eigenvalue weighted by Crippen LogP contribution is 2.22. The molecule has 0 radical (unpaired) electrons. The predicted octanol–water partition coefficient (Wildman–Crippen LogP) is 1.58. The second-order valence-electron chi connectivity index (χ2n) is 5.18. The molecule has 1 aliphatic heterocycles. The van der Waals surface area contributed by atoms with Crippen LogP contribution in [0, 0.1) is 5.92 Å².